The molecular weight excluding hydrogens is 481 g/mol. The van der Waals surface area contributed by atoms with Crippen LogP contribution in [0.25, 0.3) is 10.8 Å². The minimum absolute atomic E-state index is 0.117. The Bertz CT molecular complexity index is 1340. The SMILES string of the molecule is CC[C@H](C)NC(=O)[C@@H](C)N(Cc1ccccc1F)C(=O)CN(c1cccc2ccccc12)S(C)(=O)=O. The lowest BCUT2D eigenvalue weighted by molar-refractivity contribution is -0.139. The molecule has 0 aromatic heterocycles. The van der Waals surface area contributed by atoms with Crippen LogP contribution >= 0.6 is 0 Å². The Morgan fingerprint density at radius 2 is 1.61 bits per heavy atom. The third-order valence-corrected chi connectivity index (χ3v) is 7.31. The molecule has 0 aliphatic carbocycles. The number of benzene rings is 3. The summed E-state index contributed by atoms with van der Waals surface area (Å²) in [6, 6.07) is 17.4. The third kappa shape index (κ3) is 6.40. The van der Waals surface area contributed by atoms with Crippen molar-refractivity contribution in [1.82, 2.24) is 10.2 Å². The van der Waals surface area contributed by atoms with Crippen molar-refractivity contribution in [3.63, 3.8) is 0 Å². The average molecular weight is 514 g/mol. The molecule has 0 radical (unpaired) electrons. The van der Waals surface area contributed by atoms with Crippen molar-refractivity contribution in [3.8, 4) is 0 Å². The number of fused-ring (bicyclic) bond motifs is 1. The first kappa shape index (κ1) is 27.1. The maximum atomic E-state index is 14.5. The quantitative estimate of drug-likeness (QED) is 0.443. The van der Waals surface area contributed by atoms with Gasteiger partial charge in [0.25, 0.3) is 0 Å². The number of sulfonamides is 1. The van der Waals surface area contributed by atoms with Crippen LogP contribution in [0.1, 0.15) is 32.8 Å². The van der Waals surface area contributed by atoms with Crippen LogP contribution < -0.4 is 9.62 Å². The molecule has 3 aromatic carbocycles. The maximum absolute atomic E-state index is 14.5. The van der Waals surface area contributed by atoms with Crippen LogP contribution in [0, 0.1) is 5.82 Å². The fraction of sp³-hybridized carbons (Fsp3) is 0.333. The minimum Gasteiger partial charge on any atom is -0.352 e. The molecule has 2 atom stereocenters. The van der Waals surface area contributed by atoms with E-state index in [-0.39, 0.29) is 18.2 Å². The van der Waals surface area contributed by atoms with Gasteiger partial charge in [-0.3, -0.25) is 13.9 Å². The van der Waals surface area contributed by atoms with E-state index in [0.29, 0.717) is 17.5 Å². The number of amides is 2. The molecule has 0 unspecified atom stereocenters. The number of carbonyl (C=O) groups excluding carboxylic acids is 2. The first-order chi connectivity index (χ1) is 17.0. The van der Waals surface area contributed by atoms with Crippen LogP contribution in [0.3, 0.4) is 0 Å². The Balaban J connectivity index is 2.00. The highest BCUT2D eigenvalue weighted by Gasteiger charge is 2.31. The van der Waals surface area contributed by atoms with Crippen LogP contribution in [0.15, 0.2) is 66.7 Å². The highest BCUT2D eigenvalue weighted by atomic mass is 32.2. The van der Waals surface area contributed by atoms with Crippen molar-refractivity contribution in [1.29, 1.82) is 0 Å². The average Bonchev–Trinajstić information content (AvgIpc) is 2.85. The number of carbonyl (C=O) groups is 2. The van der Waals surface area contributed by atoms with Gasteiger partial charge in [-0.15, -0.1) is 0 Å². The number of halogens is 1. The highest BCUT2D eigenvalue weighted by molar-refractivity contribution is 7.92. The van der Waals surface area contributed by atoms with Gasteiger partial charge in [-0.2, -0.15) is 0 Å². The van der Waals surface area contributed by atoms with Gasteiger partial charge in [0, 0.05) is 23.5 Å². The van der Waals surface area contributed by atoms with Crippen molar-refractivity contribution < 1.29 is 22.4 Å². The fourth-order valence-corrected chi connectivity index (χ4v) is 4.74. The summed E-state index contributed by atoms with van der Waals surface area (Å²) in [7, 11) is -3.88. The van der Waals surface area contributed by atoms with E-state index in [1.54, 1.807) is 37.3 Å². The van der Waals surface area contributed by atoms with E-state index in [1.165, 1.54) is 23.1 Å². The Labute approximate surface area is 212 Å². The molecule has 0 spiro atoms. The zero-order chi connectivity index (χ0) is 26.5. The molecule has 0 saturated heterocycles. The van der Waals surface area contributed by atoms with Gasteiger partial charge in [0.1, 0.15) is 18.4 Å². The van der Waals surface area contributed by atoms with Crippen LogP contribution in [0.2, 0.25) is 0 Å². The second-order valence-corrected chi connectivity index (χ2v) is 10.8. The van der Waals surface area contributed by atoms with Crippen molar-refractivity contribution in [2.24, 2.45) is 0 Å². The zero-order valence-electron chi connectivity index (χ0n) is 20.9. The summed E-state index contributed by atoms with van der Waals surface area (Å²) in [5.41, 5.74) is 0.580. The number of rotatable bonds is 10. The normalized spacial score (nSPS) is 13.1. The molecule has 1 N–H and O–H groups in total. The molecule has 3 rings (SSSR count). The number of nitrogens with zero attached hydrogens (tertiary/aromatic N) is 2. The van der Waals surface area contributed by atoms with Crippen LogP contribution in [0.4, 0.5) is 10.1 Å². The molecule has 0 saturated carbocycles. The standard InChI is InChI=1S/C27H32FN3O4S/c1-5-19(2)29-27(33)20(3)30(17-22-12-7-9-15-24(22)28)26(32)18-31(36(4,34)35)25-16-10-13-21-11-6-8-14-23(21)25/h6-16,19-20H,5,17-18H2,1-4H3,(H,29,33)/t19-,20+/m0/s1. The van der Waals surface area contributed by atoms with E-state index < -0.39 is 40.2 Å². The molecule has 0 aliphatic rings. The van der Waals surface area contributed by atoms with E-state index in [9.17, 15) is 22.4 Å². The maximum Gasteiger partial charge on any atom is 0.244 e. The number of hydrogen-bond acceptors (Lipinski definition) is 4. The van der Waals surface area contributed by atoms with Crippen LogP contribution in [-0.2, 0) is 26.2 Å². The summed E-state index contributed by atoms with van der Waals surface area (Å²) < 4.78 is 41.2. The number of anilines is 1. The largest absolute Gasteiger partial charge is 0.352 e. The van der Waals surface area contributed by atoms with Crippen LogP contribution in [-0.4, -0.2) is 50.0 Å². The Morgan fingerprint density at radius 3 is 2.28 bits per heavy atom. The van der Waals surface area contributed by atoms with E-state index >= 15 is 0 Å². The Hall–Kier alpha value is -3.46. The second kappa shape index (κ2) is 11.5. The molecule has 2 amide bonds. The summed E-state index contributed by atoms with van der Waals surface area (Å²) in [5, 5.41) is 4.33. The van der Waals surface area contributed by atoms with Crippen LogP contribution in [0.5, 0.6) is 0 Å². The Kier molecular flexibility index (Phi) is 8.68. The Morgan fingerprint density at radius 1 is 0.972 bits per heavy atom. The minimum atomic E-state index is -3.88. The van der Waals surface area contributed by atoms with Gasteiger partial charge in [-0.1, -0.05) is 61.5 Å². The first-order valence-corrected chi connectivity index (χ1v) is 13.7. The molecule has 0 bridgehead atoms. The monoisotopic (exact) mass is 513 g/mol. The van der Waals surface area contributed by atoms with E-state index in [2.05, 4.69) is 5.32 Å². The molecular formula is C27H32FN3O4S. The molecule has 0 aliphatic heterocycles. The van der Waals surface area contributed by atoms with E-state index in [1.807, 2.05) is 32.0 Å². The predicted molar refractivity (Wildman–Crippen MR) is 140 cm³/mol. The highest BCUT2D eigenvalue weighted by Crippen LogP contribution is 2.28. The summed E-state index contributed by atoms with van der Waals surface area (Å²) in [5.74, 6) is -1.53. The summed E-state index contributed by atoms with van der Waals surface area (Å²) in [6.45, 7) is 4.60. The summed E-state index contributed by atoms with van der Waals surface area (Å²) in [6.07, 6.45) is 1.73. The first-order valence-electron chi connectivity index (χ1n) is 11.8. The summed E-state index contributed by atoms with van der Waals surface area (Å²) in [4.78, 5) is 27.8. The molecule has 9 heteroatoms. The predicted octanol–water partition coefficient (Wildman–Crippen LogP) is 4.08. The van der Waals surface area contributed by atoms with Crippen molar-refractivity contribution >= 4 is 38.3 Å². The molecule has 0 fully saturated rings. The molecule has 0 heterocycles. The van der Waals surface area contributed by atoms with Gasteiger partial charge in [-0.25, -0.2) is 12.8 Å². The third-order valence-electron chi connectivity index (χ3n) is 6.18. The topological polar surface area (TPSA) is 86.8 Å². The molecule has 192 valence electrons. The van der Waals surface area contributed by atoms with Gasteiger partial charge >= 0.3 is 0 Å². The second-order valence-electron chi connectivity index (χ2n) is 8.87. The van der Waals surface area contributed by atoms with E-state index in [4.69, 9.17) is 0 Å². The molecule has 3 aromatic rings. The fourth-order valence-electron chi connectivity index (χ4n) is 3.88. The summed E-state index contributed by atoms with van der Waals surface area (Å²) >= 11 is 0. The number of hydrogen-bond donors (Lipinski definition) is 1. The van der Waals surface area contributed by atoms with Gasteiger partial charge in [0.2, 0.25) is 21.8 Å². The van der Waals surface area contributed by atoms with Gasteiger partial charge < -0.3 is 10.2 Å². The van der Waals surface area contributed by atoms with Gasteiger partial charge in [-0.05, 0) is 37.8 Å². The van der Waals surface area contributed by atoms with E-state index in [0.717, 1.165) is 15.9 Å². The van der Waals surface area contributed by atoms with Crippen molar-refractivity contribution in [2.45, 2.75) is 45.8 Å². The zero-order valence-corrected chi connectivity index (χ0v) is 21.8. The lowest BCUT2D eigenvalue weighted by Gasteiger charge is -2.32. The number of nitrogens with one attached hydrogen (secondary N) is 1. The molecule has 36 heavy (non-hydrogen) atoms. The lowest BCUT2D eigenvalue weighted by Crippen LogP contribution is -2.52. The van der Waals surface area contributed by atoms with Gasteiger partial charge in [0.05, 0.1) is 11.9 Å². The van der Waals surface area contributed by atoms with Gasteiger partial charge in [0.15, 0.2) is 0 Å². The molecule has 7 nitrogen and oxygen atoms in total. The lowest BCUT2D eigenvalue weighted by atomic mass is 10.1. The smallest absolute Gasteiger partial charge is 0.244 e. The van der Waals surface area contributed by atoms with Crippen molar-refractivity contribution in [2.75, 3.05) is 17.1 Å². The van der Waals surface area contributed by atoms with Crippen molar-refractivity contribution in [3.05, 3.63) is 78.1 Å².